The predicted octanol–water partition coefficient (Wildman–Crippen LogP) is 6.88. The van der Waals surface area contributed by atoms with Crippen LogP contribution in [0, 0.1) is 6.92 Å². The van der Waals surface area contributed by atoms with Crippen molar-refractivity contribution in [3.63, 3.8) is 0 Å². The van der Waals surface area contributed by atoms with Crippen LogP contribution in [0.1, 0.15) is 27.2 Å². The van der Waals surface area contributed by atoms with E-state index >= 15 is 0 Å². The number of rotatable bonds is 5. The van der Waals surface area contributed by atoms with Crippen LogP contribution in [0.3, 0.4) is 0 Å². The molecule has 3 aromatic rings. The molecule has 0 fully saturated rings. The Morgan fingerprint density at radius 3 is 2.38 bits per heavy atom. The maximum Gasteiger partial charge on any atom is 0.433 e. The van der Waals surface area contributed by atoms with E-state index in [0.29, 0.717) is 37.9 Å². The number of aromatic nitrogens is 1. The van der Waals surface area contributed by atoms with Gasteiger partial charge in [-0.2, -0.15) is 18.3 Å². The number of amides is 1. The lowest BCUT2D eigenvalue weighted by molar-refractivity contribution is -0.141. The standard InChI is InChI=1S/C21H14Cl3F3N4O/c1-11-8-13(22)4-6-17(11)29-19-15(5-7-18(30-19)21(25,26)27)20(32)31-28-10-12-2-3-14(23)9-16(12)24/h2-10H,1H3,(H,29,30)(H,31,32)/b28-10+. The maximum absolute atomic E-state index is 13.2. The maximum atomic E-state index is 13.2. The van der Waals surface area contributed by atoms with Crippen LogP contribution in [0.4, 0.5) is 24.7 Å². The van der Waals surface area contributed by atoms with Crippen molar-refractivity contribution in [2.75, 3.05) is 5.32 Å². The van der Waals surface area contributed by atoms with Gasteiger partial charge < -0.3 is 5.32 Å². The van der Waals surface area contributed by atoms with Gasteiger partial charge in [-0.15, -0.1) is 0 Å². The Kier molecular flexibility index (Phi) is 7.28. The van der Waals surface area contributed by atoms with Gasteiger partial charge in [0, 0.05) is 21.3 Å². The minimum atomic E-state index is -4.69. The average Bonchev–Trinajstić information content (AvgIpc) is 2.71. The van der Waals surface area contributed by atoms with Crippen molar-refractivity contribution in [3.8, 4) is 0 Å². The minimum absolute atomic E-state index is 0.147. The van der Waals surface area contributed by atoms with Crippen LogP contribution in [0.5, 0.6) is 0 Å². The first-order chi connectivity index (χ1) is 15.0. The molecule has 0 spiro atoms. The van der Waals surface area contributed by atoms with E-state index in [2.05, 4.69) is 20.8 Å². The number of nitrogens with one attached hydrogen (secondary N) is 2. The molecule has 0 radical (unpaired) electrons. The molecule has 2 aromatic carbocycles. The van der Waals surface area contributed by atoms with Crippen LogP contribution in [-0.4, -0.2) is 17.1 Å². The van der Waals surface area contributed by atoms with Gasteiger partial charge in [-0.05, 0) is 55.0 Å². The van der Waals surface area contributed by atoms with Gasteiger partial charge in [-0.1, -0.05) is 40.9 Å². The molecule has 32 heavy (non-hydrogen) atoms. The molecule has 11 heteroatoms. The van der Waals surface area contributed by atoms with Crippen LogP contribution in [-0.2, 0) is 6.18 Å². The monoisotopic (exact) mass is 500 g/mol. The lowest BCUT2D eigenvalue weighted by Crippen LogP contribution is -2.21. The number of alkyl halides is 3. The van der Waals surface area contributed by atoms with Gasteiger partial charge in [0.05, 0.1) is 16.8 Å². The highest BCUT2D eigenvalue weighted by Crippen LogP contribution is 2.31. The average molecular weight is 502 g/mol. The number of anilines is 2. The predicted molar refractivity (Wildman–Crippen MR) is 120 cm³/mol. The zero-order valence-electron chi connectivity index (χ0n) is 16.3. The van der Waals surface area contributed by atoms with E-state index in [1.165, 1.54) is 12.3 Å². The third-order valence-electron chi connectivity index (χ3n) is 4.20. The lowest BCUT2D eigenvalue weighted by atomic mass is 10.1. The van der Waals surface area contributed by atoms with Gasteiger partial charge in [-0.25, -0.2) is 10.4 Å². The van der Waals surface area contributed by atoms with Crippen LogP contribution in [0.2, 0.25) is 15.1 Å². The Labute approximate surface area is 196 Å². The lowest BCUT2D eigenvalue weighted by Gasteiger charge is -2.15. The molecule has 1 aromatic heterocycles. The molecular weight excluding hydrogens is 488 g/mol. The molecule has 0 aliphatic rings. The van der Waals surface area contributed by atoms with Gasteiger partial charge in [0.2, 0.25) is 0 Å². The van der Waals surface area contributed by atoms with Crippen molar-refractivity contribution in [3.05, 3.63) is 86.0 Å². The second-order valence-electron chi connectivity index (χ2n) is 6.54. The number of carbonyl (C=O) groups excluding carboxylic acids is 1. The van der Waals surface area contributed by atoms with Crippen LogP contribution in [0.25, 0.3) is 0 Å². The SMILES string of the molecule is Cc1cc(Cl)ccc1Nc1nc(C(F)(F)F)ccc1C(=O)N/N=C/c1ccc(Cl)cc1Cl. The minimum Gasteiger partial charge on any atom is -0.339 e. The first-order valence-electron chi connectivity index (χ1n) is 8.94. The molecule has 2 N–H and O–H groups in total. The molecular formula is C21H14Cl3F3N4O. The van der Waals surface area contributed by atoms with E-state index in [1.54, 1.807) is 37.3 Å². The number of pyridine rings is 1. The summed E-state index contributed by atoms with van der Waals surface area (Å²) >= 11 is 17.8. The summed E-state index contributed by atoms with van der Waals surface area (Å²) in [5.74, 6) is -1.07. The second kappa shape index (κ2) is 9.77. The highest BCUT2D eigenvalue weighted by molar-refractivity contribution is 6.36. The number of hydrazone groups is 1. The fourth-order valence-electron chi connectivity index (χ4n) is 2.62. The first-order valence-corrected chi connectivity index (χ1v) is 10.1. The molecule has 0 saturated carbocycles. The fraction of sp³-hybridized carbons (Fsp3) is 0.0952. The zero-order chi connectivity index (χ0) is 23.5. The molecule has 0 bridgehead atoms. The van der Waals surface area contributed by atoms with E-state index in [1.807, 2.05) is 0 Å². The molecule has 1 amide bonds. The van der Waals surface area contributed by atoms with Crippen molar-refractivity contribution >= 4 is 58.4 Å². The smallest absolute Gasteiger partial charge is 0.339 e. The quantitative estimate of drug-likeness (QED) is 0.296. The Hall–Kier alpha value is -2.81. The summed E-state index contributed by atoms with van der Waals surface area (Å²) in [6.07, 6.45) is -3.41. The number of benzene rings is 2. The third kappa shape index (κ3) is 5.91. The Balaban J connectivity index is 1.90. The van der Waals surface area contributed by atoms with Gasteiger partial charge in [0.1, 0.15) is 11.5 Å². The molecule has 0 aliphatic carbocycles. The van der Waals surface area contributed by atoms with E-state index in [0.717, 1.165) is 6.07 Å². The van der Waals surface area contributed by atoms with Crippen LogP contribution >= 0.6 is 34.8 Å². The number of nitrogens with zero attached hydrogens (tertiary/aromatic N) is 2. The van der Waals surface area contributed by atoms with Gasteiger partial charge in [0.15, 0.2) is 0 Å². The second-order valence-corrected chi connectivity index (χ2v) is 7.82. The van der Waals surface area contributed by atoms with Crippen LogP contribution < -0.4 is 10.7 Å². The Bertz CT molecular complexity index is 1200. The summed E-state index contributed by atoms with van der Waals surface area (Å²) in [4.78, 5) is 16.2. The molecule has 5 nitrogen and oxygen atoms in total. The number of hydrogen-bond donors (Lipinski definition) is 2. The van der Waals surface area contributed by atoms with Gasteiger partial charge in [-0.3, -0.25) is 4.79 Å². The normalized spacial score (nSPS) is 11.6. The third-order valence-corrected chi connectivity index (χ3v) is 5.00. The van der Waals surface area contributed by atoms with E-state index in [9.17, 15) is 18.0 Å². The van der Waals surface area contributed by atoms with Crippen molar-refractivity contribution in [1.82, 2.24) is 10.4 Å². The number of hydrogen-bond acceptors (Lipinski definition) is 4. The highest BCUT2D eigenvalue weighted by Gasteiger charge is 2.33. The molecule has 0 atom stereocenters. The topological polar surface area (TPSA) is 66.4 Å². The summed E-state index contributed by atoms with van der Waals surface area (Å²) in [5.41, 5.74) is 2.53. The molecule has 166 valence electrons. The van der Waals surface area contributed by atoms with Crippen molar-refractivity contribution in [1.29, 1.82) is 0 Å². The zero-order valence-corrected chi connectivity index (χ0v) is 18.5. The van der Waals surface area contributed by atoms with Gasteiger partial charge >= 0.3 is 6.18 Å². The number of aryl methyl sites for hydroxylation is 1. The summed E-state index contributed by atoms with van der Waals surface area (Å²) in [5, 5.41) is 7.78. The van der Waals surface area contributed by atoms with E-state index in [-0.39, 0.29) is 11.4 Å². The van der Waals surface area contributed by atoms with E-state index in [4.69, 9.17) is 34.8 Å². The summed E-state index contributed by atoms with van der Waals surface area (Å²) < 4.78 is 39.5. The molecule has 0 unspecified atom stereocenters. The van der Waals surface area contributed by atoms with Crippen molar-refractivity contribution in [2.24, 2.45) is 5.10 Å². The van der Waals surface area contributed by atoms with Crippen molar-refractivity contribution < 1.29 is 18.0 Å². The largest absolute Gasteiger partial charge is 0.433 e. The fourth-order valence-corrected chi connectivity index (χ4v) is 3.30. The highest BCUT2D eigenvalue weighted by atomic mass is 35.5. The number of halogens is 6. The molecule has 1 heterocycles. The molecule has 0 saturated heterocycles. The molecule has 3 rings (SSSR count). The Morgan fingerprint density at radius 2 is 1.72 bits per heavy atom. The summed E-state index contributed by atoms with van der Waals surface area (Å²) in [6.45, 7) is 1.71. The van der Waals surface area contributed by atoms with E-state index < -0.39 is 17.8 Å². The summed E-state index contributed by atoms with van der Waals surface area (Å²) in [6, 6.07) is 11.2. The number of carbonyl (C=O) groups is 1. The Morgan fingerprint density at radius 1 is 1.03 bits per heavy atom. The molecule has 0 aliphatic heterocycles. The van der Waals surface area contributed by atoms with Crippen LogP contribution in [0.15, 0.2) is 53.6 Å². The van der Waals surface area contributed by atoms with Crippen molar-refractivity contribution in [2.45, 2.75) is 13.1 Å². The van der Waals surface area contributed by atoms with Gasteiger partial charge in [0.25, 0.3) is 5.91 Å². The summed E-state index contributed by atoms with van der Waals surface area (Å²) in [7, 11) is 0. The first kappa shape index (κ1) is 23.8.